The highest BCUT2D eigenvalue weighted by atomic mass is 127. The van der Waals surface area contributed by atoms with Crippen molar-refractivity contribution < 1.29 is 16.2 Å². The van der Waals surface area contributed by atoms with Crippen molar-refractivity contribution in [3.05, 3.63) is 29.8 Å². The molecule has 0 aliphatic carbocycles. The Hall–Kier alpha value is -0.460. The fourth-order valence-electron chi connectivity index (χ4n) is 0.720. The van der Waals surface area contributed by atoms with Crippen molar-refractivity contribution in [1.29, 1.82) is 0 Å². The third-order valence-electron chi connectivity index (χ3n) is 1.25. The van der Waals surface area contributed by atoms with Gasteiger partial charge in [-0.05, 0) is 18.2 Å². The van der Waals surface area contributed by atoms with Gasteiger partial charge in [0.2, 0.25) is 0 Å². The molecule has 0 aromatic heterocycles. The van der Waals surface area contributed by atoms with Gasteiger partial charge in [-0.25, -0.2) is 0 Å². The Labute approximate surface area is 81.2 Å². The van der Waals surface area contributed by atoms with Gasteiger partial charge in [0.05, 0.1) is 5.56 Å². The van der Waals surface area contributed by atoms with Gasteiger partial charge in [-0.1, -0.05) is 6.07 Å². The van der Waals surface area contributed by atoms with Gasteiger partial charge in [0.1, 0.15) is 5.75 Å². The average molecular weight is 288 g/mol. The molecule has 0 amide bonds. The molecule has 0 saturated heterocycles. The normalized spacial score (nSPS) is 11.3. The van der Waals surface area contributed by atoms with Crippen molar-refractivity contribution in [1.82, 2.24) is 0 Å². The van der Waals surface area contributed by atoms with Crippen molar-refractivity contribution in [2.75, 3.05) is 0 Å². The molecule has 1 rings (SSSR count). The lowest BCUT2D eigenvalue weighted by atomic mass is 10.2. The number of hydrogen-bond donors (Lipinski definition) is 0. The van der Waals surface area contributed by atoms with E-state index in [1.165, 1.54) is 35.1 Å². The van der Waals surface area contributed by atoms with Crippen LogP contribution in [0.4, 0.5) is 13.2 Å². The molecule has 0 unspecified atom stereocenters. The standard InChI is InChI=1S/C7H4F3IO/c8-7(9,10)5-2-1-3-6(4-5)12-11/h1-4H. The molecule has 5 heteroatoms. The predicted molar refractivity (Wildman–Crippen MR) is 46.1 cm³/mol. The second kappa shape index (κ2) is 3.51. The quantitative estimate of drug-likeness (QED) is 0.719. The summed E-state index contributed by atoms with van der Waals surface area (Å²) in [7, 11) is 0. The molecule has 0 spiro atoms. The van der Waals surface area contributed by atoms with E-state index in [0.717, 1.165) is 12.1 Å². The topological polar surface area (TPSA) is 9.23 Å². The zero-order chi connectivity index (χ0) is 9.19. The van der Waals surface area contributed by atoms with Gasteiger partial charge in [-0.3, -0.25) is 0 Å². The first-order valence-corrected chi connectivity index (χ1v) is 3.88. The highest BCUT2D eigenvalue weighted by Gasteiger charge is 2.30. The summed E-state index contributed by atoms with van der Waals surface area (Å²) in [5, 5.41) is 0. The van der Waals surface area contributed by atoms with Crippen LogP contribution in [0.1, 0.15) is 5.56 Å². The molecule has 0 atom stereocenters. The van der Waals surface area contributed by atoms with E-state index in [2.05, 4.69) is 3.07 Å². The second-order valence-corrected chi connectivity index (χ2v) is 2.54. The molecule has 0 fully saturated rings. The zero-order valence-electron chi connectivity index (χ0n) is 5.73. The van der Waals surface area contributed by atoms with Gasteiger partial charge in [-0.2, -0.15) is 13.2 Å². The monoisotopic (exact) mass is 288 g/mol. The molecule has 1 aromatic rings. The first-order valence-electron chi connectivity index (χ1n) is 3.00. The van der Waals surface area contributed by atoms with Crippen molar-refractivity contribution in [3.63, 3.8) is 0 Å². The molecule has 0 heterocycles. The van der Waals surface area contributed by atoms with Crippen LogP contribution in [-0.4, -0.2) is 0 Å². The first kappa shape index (κ1) is 9.63. The van der Waals surface area contributed by atoms with Gasteiger partial charge in [0.25, 0.3) is 0 Å². The Morgan fingerprint density at radius 2 is 1.92 bits per heavy atom. The maximum Gasteiger partial charge on any atom is 0.416 e. The summed E-state index contributed by atoms with van der Waals surface area (Å²) >= 11 is 1.53. The van der Waals surface area contributed by atoms with Crippen LogP contribution in [0, 0.1) is 0 Å². The minimum Gasteiger partial charge on any atom is -0.428 e. The Kier molecular flexibility index (Phi) is 2.81. The summed E-state index contributed by atoms with van der Waals surface area (Å²) < 4.78 is 40.8. The summed E-state index contributed by atoms with van der Waals surface area (Å²) in [6.07, 6.45) is -4.30. The van der Waals surface area contributed by atoms with Crippen LogP contribution in [0.2, 0.25) is 0 Å². The van der Waals surface area contributed by atoms with Gasteiger partial charge in [0, 0.05) is 0 Å². The van der Waals surface area contributed by atoms with Crippen molar-refractivity contribution >= 4 is 23.0 Å². The first-order chi connectivity index (χ1) is 5.54. The van der Waals surface area contributed by atoms with Crippen molar-refractivity contribution in [3.8, 4) is 5.75 Å². The number of benzene rings is 1. The van der Waals surface area contributed by atoms with Gasteiger partial charge >= 0.3 is 6.18 Å². The zero-order valence-corrected chi connectivity index (χ0v) is 7.89. The molecule has 0 radical (unpaired) electrons. The summed E-state index contributed by atoms with van der Waals surface area (Å²) in [4.78, 5) is 0. The highest BCUT2D eigenvalue weighted by Crippen LogP contribution is 2.31. The summed E-state index contributed by atoms with van der Waals surface area (Å²) in [5.41, 5.74) is -0.698. The minimum atomic E-state index is -4.30. The summed E-state index contributed by atoms with van der Waals surface area (Å²) in [6.45, 7) is 0. The Balaban J connectivity index is 3.02. The average Bonchev–Trinajstić information content (AvgIpc) is 2.03. The lowest BCUT2D eigenvalue weighted by Crippen LogP contribution is -2.04. The van der Waals surface area contributed by atoms with Gasteiger partial charge in [-0.15, -0.1) is 0 Å². The van der Waals surface area contributed by atoms with E-state index in [9.17, 15) is 13.2 Å². The minimum absolute atomic E-state index is 0.199. The fraction of sp³-hybridized carbons (Fsp3) is 0.143. The highest BCUT2D eigenvalue weighted by molar-refractivity contribution is 14.1. The van der Waals surface area contributed by atoms with E-state index in [-0.39, 0.29) is 5.75 Å². The van der Waals surface area contributed by atoms with Gasteiger partial charge in [0.15, 0.2) is 23.0 Å². The Bertz CT molecular complexity index is 272. The molecule has 1 aromatic carbocycles. The molecule has 0 N–H and O–H groups in total. The summed E-state index contributed by atoms with van der Waals surface area (Å²) in [6, 6.07) is 4.71. The van der Waals surface area contributed by atoms with Crippen LogP contribution in [0.15, 0.2) is 24.3 Å². The molecular weight excluding hydrogens is 284 g/mol. The van der Waals surface area contributed by atoms with Gasteiger partial charge < -0.3 is 3.07 Å². The predicted octanol–water partition coefficient (Wildman–Crippen LogP) is 3.43. The number of hydrogen-bond acceptors (Lipinski definition) is 1. The van der Waals surface area contributed by atoms with Crippen LogP contribution in [0.25, 0.3) is 0 Å². The smallest absolute Gasteiger partial charge is 0.416 e. The molecule has 0 bridgehead atoms. The second-order valence-electron chi connectivity index (χ2n) is 2.10. The molecule has 66 valence electrons. The number of alkyl halides is 3. The van der Waals surface area contributed by atoms with Crippen LogP contribution in [0.3, 0.4) is 0 Å². The van der Waals surface area contributed by atoms with E-state index in [1.54, 1.807) is 0 Å². The molecule has 12 heavy (non-hydrogen) atoms. The lowest BCUT2D eigenvalue weighted by molar-refractivity contribution is -0.137. The molecular formula is C7H4F3IO. The summed E-state index contributed by atoms with van der Waals surface area (Å²) in [5.74, 6) is 0.199. The largest absolute Gasteiger partial charge is 0.428 e. The van der Waals surface area contributed by atoms with E-state index >= 15 is 0 Å². The van der Waals surface area contributed by atoms with E-state index in [1.807, 2.05) is 0 Å². The number of halogens is 4. The molecule has 0 saturated carbocycles. The SMILES string of the molecule is FC(F)(F)c1cccc(OI)c1. The van der Waals surface area contributed by atoms with Crippen LogP contribution in [-0.2, 0) is 6.18 Å². The Morgan fingerprint density at radius 1 is 1.25 bits per heavy atom. The van der Waals surface area contributed by atoms with Crippen LogP contribution in [0.5, 0.6) is 5.75 Å². The third kappa shape index (κ3) is 2.26. The van der Waals surface area contributed by atoms with Crippen LogP contribution >= 0.6 is 23.0 Å². The van der Waals surface area contributed by atoms with Crippen LogP contribution < -0.4 is 3.07 Å². The van der Waals surface area contributed by atoms with Crippen molar-refractivity contribution in [2.45, 2.75) is 6.18 Å². The van der Waals surface area contributed by atoms with Crippen molar-refractivity contribution in [2.24, 2.45) is 0 Å². The number of rotatable bonds is 1. The molecule has 0 aliphatic heterocycles. The maximum absolute atomic E-state index is 12.0. The fourth-order valence-corrected chi connectivity index (χ4v) is 0.994. The molecule has 0 aliphatic rings. The maximum atomic E-state index is 12.0. The lowest BCUT2D eigenvalue weighted by Gasteiger charge is -2.06. The van der Waals surface area contributed by atoms with E-state index in [4.69, 9.17) is 0 Å². The van der Waals surface area contributed by atoms with E-state index < -0.39 is 11.7 Å². The molecule has 1 nitrogen and oxygen atoms in total. The third-order valence-corrected chi connectivity index (χ3v) is 1.76. The van der Waals surface area contributed by atoms with E-state index in [0.29, 0.717) is 0 Å². The Morgan fingerprint density at radius 3 is 2.42 bits per heavy atom.